The van der Waals surface area contributed by atoms with Crippen molar-refractivity contribution in [3.05, 3.63) is 34.3 Å². The molecule has 0 saturated heterocycles. The zero-order valence-corrected chi connectivity index (χ0v) is 12.5. The lowest BCUT2D eigenvalue weighted by Gasteiger charge is -2.23. The van der Waals surface area contributed by atoms with E-state index < -0.39 is 5.91 Å². The monoisotopic (exact) mass is 309 g/mol. The Morgan fingerprint density at radius 2 is 2.00 bits per heavy atom. The molecule has 1 aliphatic carbocycles. The first kappa shape index (κ1) is 15.8. The summed E-state index contributed by atoms with van der Waals surface area (Å²) in [7, 11) is 0. The Balaban J connectivity index is 2.12. The minimum atomic E-state index is -0.652. The third-order valence-corrected chi connectivity index (χ3v) is 4.36. The molecule has 5 nitrogen and oxygen atoms in total. The van der Waals surface area contributed by atoms with E-state index in [2.05, 4.69) is 5.32 Å². The van der Waals surface area contributed by atoms with Gasteiger partial charge < -0.3 is 16.8 Å². The van der Waals surface area contributed by atoms with Gasteiger partial charge in [-0.05, 0) is 37.0 Å². The third kappa shape index (κ3) is 3.74. The molecule has 1 unspecified atom stereocenters. The summed E-state index contributed by atoms with van der Waals surface area (Å²) in [5.41, 5.74) is 11.5. The second kappa shape index (κ2) is 6.91. The molecule has 0 bridgehead atoms. The molecule has 1 aliphatic rings. The van der Waals surface area contributed by atoms with E-state index in [0.717, 1.165) is 12.8 Å². The molecule has 0 aliphatic heterocycles. The number of benzene rings is 1. The van der Waals surface area contributed by atoms with E-state index in [-0.39, 0.29) is 22.5 Å². The van der Waals surface area contributed by atoms with Crippen molar-refractivity contribution in [1.82, 2.24) is 5.32 Å². The fourth-order valence-corrected chi connectivity index (χ4v) is 3.05. The van der Waals surface area contributed by atoms with Gasteiger partial charge in [0, 0.05) is 18.2 Å². The van der Waals surface area contributed by atoms with Crippen molar-refractivity contribution in [2.45, 2.75) is 31.7 Å². The van der Waals surface area contributed by atoms with Crippen LogP contribution < -0.4 is 16.8 Å². The molecule has 0 radical (unpaired) electrons. The van der Waals surface area contributed by atoms with Crippen molar-refractivity contribution < 1.29 is 9.59 Å². The van der Waals surface area contributed by atoms with E-state index in [1.807, 2.05) is 0 Å². The Morgan fingerprint density at radius 3 is 2.57 bits per heavy atom. The highest BCUT2D eigenvalue weighted by Gasteiger charge is 2.25. The third-order valence-electron chi connectivity index (χ3n) is 4.03. The summed E-state index contributed by atoms with van der Waals surface area (Å²) in [6.07, 6.45) is 4.55. The molecule has 2 rings (SSSR count). The van der Waals surface area contributed by atoms with E-state index in [4.69, 9.17) is 23.1 Å². The topological polar surface area (TPSA) is 98.2 Å². The van der Waals surface area contributed by atoms with Crippen LogP contribution in [0.3, 0.4) is 0 Å². The number of nitrogens with two attached hydrogens (primary N) is 2. The van der Waals surface area contributed by atoms with Crippen LogP contribution in [0.1, 0.15) is 46.4 Å². The molecule has 5 N–H and O–H groups in total. The van der Waals surface area contributed by atoms with Gasteiger partial charge in [-0.15, -0.1) is 0 Å². The highest BCUT2D eigenvalue weighted by molar-refractivity contribution is 6.34. The first-order valence-electron chi connectivity index (χ1n) is 7.13. The maximum Gasteiger partial charge on any atom is 0.251 e. The molecule has 1 aromatic rings. The van der Waals surface area contributed by atoms with Gasteiger partial charge in [0.1, 0.15) is 0 Å². The molecule has 2 amide bonds. The molecule has 1 saturated carbocycles. The number of rotatable bonds is 5. The van der Waals surface area contributed by atoms with Crippen LogP contribution in [-0.2, 0) is 0 Å². The Bertz CT molecular complexity index is 542. The van der Waals surface area contributed by atoms with Crippen LogP contribution in [0.15, 0.2) is 18.2 Å². The van der Waals surface area contributed by atoms with E-state index in [9.17, 15) is 9.59 Å². The van der Waals surface area contributed by atoms with Gasteiger partial charge in [0.25, 0.3) is 5.91 Å². The van der Waals surface area contributed by atoms with E-state index in [1.54, 1.807) is 6.07 Å². The number of carbonyl (C=O) groups is 2. The molecule has 1 atom stereocenters. The number of primary amides is 1. The van der Waals surface area contributed by atoms with Crippen molar-refractivity contribution in [3.8, 4) is 0 Å². The summed E-state index contributed by atoms with van der Waals surface area (Å²) < 4.78 is 0. The van der Waals surface area contributed by atoms with Crippen LogP contribution in [0, 0.1) is 5.92 Å². The van der Waals surface area contributed by atoms with Crippen LogP contribution >= 0.6 is 11.6 Å². The van der Waals surface area contributed by atoms with Crippen LogP contribution in [0.2, 0.25) is 5.02 Å². The number of carbonyl (C=O) groups excluding carboxylic acids is 2. The number of hydrogen-bond donors (Lipinski definition) is 3. The summed E-state index contributed by atoms with van der Waals surface area (Å²) in [5.74, 6) is -0.473. The van der Waals surface area contributed by atoms with Gasteiger partial charge in [0.05, 0.1) is 10.6 Å². The standard InChI is InChI=1S/C15H20ClN3O2/c16-12-6-5-10(7-11(12)14(18)20)15(21)19-13(8-17)9-3-1-2-4-9/h5-7,9,13H,1-4,8,17H2,(H2,18,20)(H,19,21). The van der Waals surface area contributed by atoms with Crippen LogP contribution in [0.4, 0.5) is 0 Å². The molecule has 0 aromatic heterocycles. The first-order chi connectivity index (χ1) is 10.0. The number of hydrogen-bond acceptors (Lipinski definition) is 3. The lowest BCUT2D eigenvalue weighted by Crippen LogP contribution is -2.44. The normalized spacial score (nSPS) is 16.7. The predicted molar refractivity (Wildman–Crippen MR) is 82.2 cm³/mol. The lowest BCUT2D eigenvalue weighted by atomic mass is 9.97. The van der Waals surface area contributed by atoms with Gasteiger partial charge in [0.2, 0.25) is 5.91 Å². The van der Waals surface area contributed by atoms with E-state index >= 15 is 0 Å². The average Bonchev–Trinajstić information content (AvgIpc) is 2.98. The predicted octanol–water partition coefficient (Wildman–Crippen LogP) is 1.69. The summed E-state index contributed by atoms with van der Waals surface area (Å²) in [4.78, 5) is 23.6. The van der Waals surface area contributed by atoms with Gasteiger partial charge in [-0.25, -0.2) is 0 Å². The van der Waals surface area contributed by atoms with Crippen molar-refractivity contribution >= 4 is 23.4 Å². The fraction of sp³-hybridized carbons (Fsp3) is 0.467. The zero-order chi connectivity index (χ0) is 15.4. The highest BCUT2D eigenvalue weighted by Crippen LogP contribution is 2.27. The number of amides is 2. The second-order valence-electron chi connectivity index (χ2n) is 5.42. The van der Waals surface area contributed by atoms with Gasteiger partial charge in [-0.2, -0.15) is 0 Å². The number of halogens is 1. The summed E-state index contributed by atoms with van der Waals surface area (Å²) in [5, 5.41) is 3.19. The SMILES string of the molecule is NCC(NC(=O)c1ccc(Cl)c(C(N)=O)c1)C1CCCC1. The van der Waals surface area contributed by atoms with Crippen molar-refractivity contribution in [1.29, 1.82) is 0 Å². The van der Waals surface area contributed by atoms with Crippen molar-refractivity contribution in [2.75, 3.05) is 6.54 Å². The quantitative estimate of drug-likeness (QED) is 0.772. The summed E-state index contributed by atoms with van der Waals surface area (Å²) in [6.45, 7) is 0.409. The molecular weight excluding hydrogens is 290 g/mol. The van der Waals surface area contributed by atoms with Gasteiger partial charge in [-0.1, -0.05) is 24.4 Å². The van der Waals surface area contributed by atoms with Gasteiger partial charge >= 0.3 is 0 Å². The van der Waals surface area contributed by atoms with E-state index in [0.29, 0.717) is 18.0 Å². The first-order valence-corrected chi connectivity index (χ1v) is 7.51. The average molecular weight is 310 g/mol. The molecule has 21 heavy (non-hydrogen) atoms. The summed E-state index contributed by atoms with van der Waals surface area (Å²) >= 11 is 5.88. The molecule has 114 valence electrons. The Labute approximate surface area is 129 Å². The van der Waals surface area contributed by atoms with E-state index in [1.165, 1.54) is 25.0 Å². The Morgan fingerprint density at radius 1 is 1.33 bits per heavy atom. The zero-order valence-electron chi connectivity index (χ0n) is 11.8. The minimum Gasteiger partial charge on any atom is -0.366 e. The molecular formula is C15H20ClN3O2. The lowest BCUT2D eigenvalue weighted by molar-refractivity contribution is 0.0924. The Kier molecular flexibility index (Phi) is 5.20. The van der Waals surface area contributed by atoms with Crippen LogP contribution in [0.5, 0.6) is 0 Å². The molecule has 0 heterocycles. The molecule has 0 spiro atoms. The summed E-state index contributed by atoms with van der Waals surface area (Å²) in [6, 6.07) is 4.46. The fourth-order valence-electron chi connectivity index (χ4n) is 2.84. The largest absolute Gasteiger partial charge is 0.366 e. The van der Waals surface area contributed by atoms with Gasteiger partial charge in [0.15, 0.2) is 0 Å². The smallest absolute Gasteiger partial charge is 0.251 e. The minimum absolute atomic E-state index is 0.0345. The highest BCUT2D eigenvalue weighted by atomic mass is 35.5. The maximum absolute atomic E-state index is 12.3. The maximum atomic E-state index is 12.3. The van der Waals surface area contributed by atoms with Crippen LogP contribution in [0.25, 0.3) is 0 Å². The van der Waals surface area contributed by atoms with Crippen molar-refractivity contribution in [3.63, 3.8) is 0 Å². The molecule has 1 aromatic carbocycles. The van der Waals surface area contributed by atoms with Crippen LogP contribution in [-0.4, -0.2) is 24.4 Å². The van der Waals surface area contributed by atoms with Gasteiger partial charge in [-0.3, -0.25) is 9.59 Å². The number of nitrogens with one attached hydrogen (secondary N) is 1. The second-order valence-corrected chi connectivity index (χ2v) is 5.83. The molecule has 6 heteroatoms. The Hall–Kier alpha value is -1.59. The van der Waals surface area contributed by atoms with Crippen molar-refractivity contribution in [2.24, 2.45) is 17.4 Å². The molecule has 1 fully saturated rings.